The molecule has 0 saturated heterocycles. The van der Waals surface area contributed by atoms with Crippen LogP contribution in [0.4, 0.5) is 0 Å². The van der Waals surface area contributed by atoms with Gasteiger partial charge in [-0.05, 0) is 23.3 Å². The third kappa shape index (κ3) is 7.86. The van der Waals surface area contributed by atoms with Crippen LogP contribution in [0.1, 0.15) is 11.1 Å². The Morgan fingerprint density at radius 1 is 1.04 bits per heavy atom. The number of rotatable bonds is 7. The first-order valence-electron chi connectivity index (χ1n) is 8.47. The minimum Gasteiger partial charge on any atom is -0.497 e. The van der Waals surface area contributed by atoms with Crippen molar-refractivity contribution in [2.24, 2.45) is 4.99 Å². The molecule has 0 radical (unpaired) electrons. The van der Waals surface area contributed by atoms with Crippen LogP contribution in [-0.2, 0) is 17.9 Å². The van der Waals surface area contributed by atoms with Gasteiger partial charge in [-0.3, -0.25) is 9.79 Å². The predicted molar refractivity (Wildman–Crippen MR) is 120 cm³/mol. The highest BCUT2D eigenvalue weighted by Gasteiger charge is 2.08. The Morgan fingerprint density at radius 3 is 2.30 bits per heavy atom. The van der Waals surface area contributed by atoms with Gasteiger partial charge < -0.3 is 20.3 Å². The summed E-state index contributed by atoms with van der Waals surface area (Å²) in [5.74, 6) is 1.38. The molecule has 0 spiro atoms. The van der Waals surface area contributed by atoms with Crippen LogP contribution >= 0.6 is 24.0 Å². The first-order chi connectivity index (χ1) is 12.6. The van der Waals surface area contributed by atoms with Crippen molar-refractivity contribution in [1.29, 1.82) is 0 Å². The summed E-state index contributed by atoms with van der Waals surface area (Å²) in [4.78, 5) is 18.3. The highest BCUT2D eigenvalue weighted by molar-refractivity contribution is 14.0. The molecular formula is C20H27IN4O2. The number of carbonyl (C=O) groups is 1. The zero-order chi connectivity index (χ0) is 18.8. The number of carbonyl (C=O) groups excluding carboxylic acids is 1. The van der Waals surface area contributed by atoms with Crippen molar-refractivity contribution in [3.63, 3.8) is 0 Å². The second kappa shape index (κ2) is 12.2. The fraction of sp³-hybridized carbons (Fsp3) is 0.300. The van der Waals surface area contributed by atoms with E-state index in [4.69, 9.17) is 4.74 Å². The Balaban J connectivity index is 0.00000364. The molecule has 1 amide bonds. The van der Waals surface area contributed by atoms with E-state index in [0.717, 1.165) is 11.3 Å². The van der Waals surface area contributed by atoms with Gasteiger partial charge in [0.1, 0.15) is 5.75 Å². The number of aliphatic imine (C=N–C) groups is 1. The predicted octanol–water partition coefficient (Wildman–Crippen LogP) is 2.64. The molecule has 6 nitrogen and oxygen atoms in total. The summed E-state index contributed by atoms with van der Waals surface area (Å²) in [7, 11) is 5.28. The zero-order valence-electron chi connectivity index (χ0n) is 15.9. The molecule has 0 fully saturated rings. The molecule has 2 aromatic carbocycles. The first kappa shape index (κ1) is 22.8. The van der Waals surface area contributed by atoms with Gasteiger partial charge in [0.2, 0.25) is 5.91 Å². The van der Waals surface area contributed by atoms with Crippen molar-refractivity contribution in [2.75, 3.05) is 27.7 Å². The van der Waals surface area contributed by atoms with Crippen LogP contribution in [0, 0.1) is 0 Å². The second-order valence-corrected chi connectivity index (χ2v) is 5.87. The van der Waals surface area contributed by atoms with E-state index in [1.54, 1.807) is 14.2 Å². The van der Waals surface area contributed by atoms with Crippen molar-refractivity contribution in [3.8, 4) is 5.75 Å². The lowest BCUT2D eigenvalue weighted by atomic mass is 10.2. The number of guanidine groups is 1. The van der Waals surface area contributed by atoms with Crippen molar-refractivity contribution in [2.45, 2.75) is 13.1 Å². The number of methoxy groups -OCH3 is 1. The maximum absolute atomic E-state index is 12.1. The number of hydrogen-bond acceptors (Lipinski definition) is 3. The van der Waals surface area contributed by atoms with E-state index >= 15 is 0 Å². The second-order valence-electron chi connectivity index (χ2n) is 5.87. The van der Waals surface area contributed by atoms with Gasteiger partial charge in [0, 0.05) is 27.2 Å². The van der Waals surface area contributed by atoms with E-state index in [9.17, 15) is 4.79 Å². The van der Waals surface area contributed by atoms with Gasteiger partial charge in [-0.25, -0.2) is 0 Å². The number of hydrogen-bond donors (Lipinski definition) is 2. The van der Waals surface area contributed by atoms with Crippen molar-refractivity contribution >= 4 is 35.8 Å². The Kier molecular flexibility index (Phi) is 10.2. The summed E-state index contributed by atoms with van der Waals surface area (Å²) in [5.41, 5.74) is 2.20. The number of amides is 1. The summed E-state index contributed by atoms with van der Waals surface area (Å²) in [6, 6.07) is 17.7. The molecule has 0 aliphatic carbocycles. The topological polar surface area (TPSA) is 66.0 Å². The van der Waals surface area contributed by atoms with Gasteiger partial charge >= 0.3 is 0 Å². The Morgan fingerprint density at radius 2 is 1.70 bits per heavy atom. The van der Waals surface area contributed by atoms with E-state index < -0.39 is 0 Å². The van der Waals surface area contributed by atoms with Gasteiger partial charge in [-0.1, -0.05) is 42.5 Å². The van der Waals surface area contributed by atoms with Crippen LogP contribution < -0.4 is 15.4 Å². The van der Waals surface area contributed by atoms with Crippen LogP contribution in [0.5, 0.6) is 5.75 Å². The summed E-state index contributed by atoms with van der Waals surface area (Å²) < 4.78 is 5.12. The van der Waals surface area contributed by atoms with Gasteiger partial charge in [0.25, 0.3) is 0 Å². The highest BCUT2D eigenvalue weighted by Crippen LogP contribution is 2.10. The lowest BCUT2D eigenvalue weighted by Crippen LogP contribution is -2.43. The molecule has 7 heteroatoms. The molecule has 0 saturated carbocycles. The maximum atomic E-state index is 12.1. The minimum atomic E-state index is -0.0879. The molecule has 0 heterocycles. The standard InChI is InChI=1S/C20H26N4O2.HI/c1-21-20(24(2)15-17-7-5-4-6-8-17)23-14-19(25)22-13-16-9-11-18(26-3)12-10-16;/h4-12H,13-15H2,1-3H3,(H,21,23)(H,22,25);1H. The number of halogens is 1. The van der Waals surface area contributed by atoms with Gasteiger partial charge in [-0.2, -0.15) is 0 Å². The lowest BCUT2D eigenvalue weighted by Gasteiger charge is -2.22. The number of nitrogens with one attached hydrogen (secondary N) is 2. The molecule has 0 aliphatic heterocycles. The van der Waals surface area contributed by atoms with Crippen LogP contribution in [0.15, 0.2) is 59.6 Å². The molecule has 0 unspecified atom stereocenters. The smallest absolute Gasteiger partial charge is 0.239 e. The molecule has 0 atom stereocenters. The molecule has 2 N–H and O–H groups in total. The largest absolute Gasteiger partial charge is 0.497 e. The van der Waals surface area contributed by atoms with E-state index in [2.05, 4.69) is 27.8 Å². The molecule has 146 valence electrons. The molecule has 2 aromatic rings. The van der Waals surface area contributed by atoms with E-state index in [-0.39, 0.29) is 36.4 Å². The number of ether oxygens (including phenoxy) is 1. The van der Waals surface area contributed by atoms with Crippen LogP contribution in [-0.4, -0.2) is 44.5 Å². The minimum absolute atomic E-state index is 0. The fourth-order valence-electron chi connectivity index (χ4n) is 2.48. The van der Waals surface area contributed by atoms with E-state index in [1.807, 2.05) is 54.4 Å². The number of nitrogens with zero attached hydrogens (tertiary/aromatic N) is 2. The SMILES string of the molecule is CN=C(NCC(=O)NCc1ccc(OC)cc1)N(C)Cc1ccccc1.I. The van der Waals surface area contributed by atoms with Crippen molar-refractivity contribution < 1.29 is 9.53 Å². The summed E-state index contributed by atoms with van der Waals surface area (Å²) in [6.07, 6.45) is 0. The molecule has 0 aromatic heterocycles. The normalized spacial score (nSPS) is 10.6. The molecule has 27 heavy (non-hydrogen) atoms. The fourth-order valence-corrected chi connectivity index (χ4v) is 2.48. The third-order valence-corrected chi connectivity index (χ3v) is 3.89. The van der Waals surface area contributed by atoms with Gasteiger partial charge in [0.05, 0.1) is 13.7 Å². The van der Waals surface area contributed by atoms with Crippen molar-refractivity contribution in [1.82, 2.24) is 15.5 Å². The quantitative estimate of drug-likeness (QED) is 0.362. The average Bonchev–Trinajstić information content (AvgIpc) is 2.68. The van der Waals surface area contributed by atoms with E-state index in [1.165, 1.54) is 5.56 Å². The highest BCUT2D eigenvalue weighted by atomic mass is 127. The Bertz CT molecular complexity index is 721. The van der Waals surface area contributed by atoms with Crippen LogP contribution in [0.25, 0.3) is 0 Å². The zero-order valence-corrected chi connectivity index (χ0v) is 18.3. The van der Waals surface area contributed by atoms with Crippen LogP contribution in [0.3, 0.4) is 0 Å². The first-order valence-corrected chi connectivity index (χ1v) is 8.47. The molecule has 0 aliphatic rings. The Hall–Kier alpha value is -2.29. The maximum Gasteiger partial charge on any atom is 0.239 e. The number of benzene rings is 2. The lowest BCUT2D eigenvalue weighted by molar-refractivity contribution is -0.120. The monoisotopic (exact) mass is 482 g/mol. The van der Waals surface area contributed by atoms with Gasteiger partial charge in [-0.15, -0.1) is 24.0 Å². The molecule has 2 rings (SSSR count). The van der Waals surface area contributed by atoms with E-state index in [0.29, 0.717) is 19.0 Å². The summed E-state index contributed by atoms with van der Waals surface area (Å²) in [6.45, 7) is 1.36. The van der Waals surface area contributed by atoms with Gasteiger partial charge in [0.15, 0.2) is 5.96 Å². The summed E-state index contributed by atoms with van der Waals surface area (Å²) in [5, 5.41) is 5.98. The van der Waals surface area contributed by atoms with Crippen molar-refractivity contribution in [3.05, 3.63) is 65.7 Å². The average molecular weight is 482 g/mol. The third-order valence-electron chi connectivity index (χ3n) is 3.89. The van der Waals surface area contributed by atoms with Crippen LogP contribution in [0.2, 0.25) is 0 Å². The molecule has 0 bridgehead atoms. The Labute approximate surface area is 178 Å². The molecular weight excluding hydrogens is 455 g/mol. The summed E-state index contributed by atoms with van der Waals surface area (Å²) >= 11 is 0.